The van der Waals surface area contributed by atoms with Gasteiger partial charge in [-0.3, -0.25) is 0 Å². The van der Waals surface area contributed by atoms with Gasteiger partial charge in [0.2, 0.25) is 0 Å². The van der Waals surface area contributed by atoms with Crippen molar-refractivity contribution < 1.29 is 0 Å². The first-order valence-corrected chi connectivity index (χ1v) is 23.4. The molecule has 314 valence electrons. The molecule has 0 aliphatic heterocycles. The summed E-state index contributed by atoms with van der Waals surface area (Å²) in [5.41, 5.74) is 27.2. The zero-order valence-corrected chi connectivity index (χ0v) is 39.0. The molecule has 12 rings (SSSR count). The van der Waals surface area contributed by atoms with Crippen LogP contribution in [0.15, 0.2) is 164 Å². The summed E-state index contributed by atoms with van der Waals surface area (Å²) < 4.78 is 0. The van der Waals surface area contributed by atoms with Gasteiger partial charge in [-0.05, 0) is 124 Å². The summed E-state index contributed by atoms with van der Waals surface area (Å²) in [4.78, 5) is 2.64. The number of hydrogen-bond acceptors (Lipinski definition) is 1. The van der Waals surface area contributed by atoms with Gasteiger partial charge < -0.3 is 4.90 Å². The predicted molar refractivity (Wildman–Crippen MR) is 270 cm³/mol. The monoisotopic (exact) mass is 827 g/mol. The highest BCUT2D eigenvalue weighted by Gasteiger charge is 2.53. The average molecular weight is 828 g/mol. The molecule has 1 heteroatoms. The van der Waals surface area contributed by atoms with Crippen LogP contribution in [0.1, 0.15) is 125 Å². The molecule has 0 aromatic heterocycles. The normalized spacial score (nSPS) is 16.0. The molecule has 4 aliphatic rings. The van der Waals surface area contributed by atoms with Crippen LogP contribution in [-0.2, 0) is 27.1 Å². The van der Waals surface area contributed by atoms with Crippen molar-refractivity contribution in [2.24, 2.45) is 0 Å². The molecule has 64 heavy (non-hydrogen) atoms. The van der Waals surface area contributed by atoms with E-state index in [2.05, 4.69) is 238 Å². The first kappa shape index (κ1) is 39.2. The van der Waals surface area contributed by atoms with Crippen LogP contribution in [0, 0.1) is 0 Å². The second-order valence-corrected chi connectivity index (χ2v) is 22.1. The Balaban J connectivity index is 1.20. The van der Waals surface area contributed by atoms with E-state index in [-0.39, 0.29) is 21.7 Å². The van der Waals surface area contributed by atoms with Crippen molar-refractivity contribution in [3.8, 4) is 44.5 Å². The van der Waals surface area contributed by atoms with Crippen molar-refractivity contribution in [1.29, 1.82) is 0 Å². The summed E-state index contributed by atoms with van der Waals surface area (Å²) in [5.74, 6) is 0. The van der Waals surface area contributed by atoms with E-state index in [9.17, 15) is 0 Å². The SMILES string of the molecule is CC(C)(C)c1ccc2c(c1)C1(c3cc(C(C)(C)C)ccc3-2)c2ccccc2-c2c(N(c3ccc4c(c3)C(C)(C)c3ccccc3-4)c3cccc4c3-c3ccccc3C4(C)C)cccc21. The maximum atomic E-state index is 2.64. The summed E-state index contributed by atoms with van der Waals surface area (Å²) in [6.45, 7) is 23.7. The average Bonchev–Trinajstić information content (AvgIpc) is 3.91. The minimum absolute atomic E-state index is 0.0140. The van der Waals surface area contributed by atoms with Crippen LogP contribution < -0.4 is 4.90 Å². The van der Waals surface area contributed by atoms with Gasteiger partial charge in [0.15, 0.2) is 0 Å². The lowest BCUT2D eigenvalue weighted by Gasteiger charge is -2.34. The van der Waals surface area contributed by atoms with E-state index in [4.69, 9.17) is 0 Å². The Bertz CT molecular complexity index is 3240. The zero-order valence-electron chi connectivity index (χ0n) is 39.0. The molecule has 0 radical (unpaired) electrons. The largest absolute Gasteiger partial charge is 0.309 e. The van der Waals surface area contributed by atoms with Crippen LogP contribution >= 0.6 is 0 Å². The van der Waals surface area contributed by atoms with Crippen molar-refractivity contribution in [3.63, 3.8) is 0 Å². The lowest BCUT2D eigenvalue weighted by atomic mass is 9.69. The highest BCUT2D eigenvalue weighted by atomic mass is 15.1. The zero-order chi connectivity index (χ0) is 44.3. The van der Waals surface area contributed by atoms with Gasteiger partial charge in [0.05, 0.1) is 16.8 Å². The van der Waals surface area contributed by atoms with E-state index in [0.29, 0.717) is 0 Å². The molecule has 0 heterocycles. The van der Waals surface area contributed by atoms with E-state index >= 15 is 0 Å². The van der Waals surface area contributed by atoms with Gasteiger partial charge in [0, 0.05) is 27.6 Å². The second kappa shape index (κ2) is 12.9. The van der Waals surface area contributed by atoms with Gasteiger partial charge in [-0.2, -0.15) is 0 Å². The maximum absolute atomic E-state index is 2.64. The van der Waals surface area contributed by atoms with Crippen LogP contribution in [0.3, 0.4) is 0 Å². The van der Waals surface area contributed by atoms with E-state index in [1.54, 1.807) is 0 Å². The molecule has 0 fully saturated rings. The minimum atomic E-state index is -0.504. The number of anilines is 3. The summed E-state index contributed by atoms with van der Waals surface area (Å²) in [5, 5.41) is 0. The molecular formula is C63H57N. The van der Waals surface area contributed by atoms with Crippen molar-refractivity contribution >= 4 is 17.1 Å². The Morgan fingerprint density at radius 1 is 0.328 bits per heavy atom. The molecule has 8 aromatic rings. The molecule has 1 spiro atoms. The van der Waals surface area contributed by atoms with E-state index in [1.807, 2.05) is 0 Å². The van der Waals surface area contributed by atoms with Gasteiger partial charge in [-0.1, -0.05) is 209 Å². The lowest BCUT2D eigenvalue weighted by molar-refractivity contribution is 0.586. The highest BCUT2D eigenvalue weighted by Crippen LogP contribution is 2.66. The fourth-order valence-electron chi connectivity index (χ4n) is 12.5. The van der Waals surface area contributed by atoms with Gasteiger partial charge in [-0.25, -0.2) is 0 Å². The standard InChI is InChI=1S/C63H57N/c1-59(2,3)38-29-32-43-44-33-30-39(60(4,5)6)36-54(44)63(53(43)35-38)49-24-16-13-21-46(49)58-51(63)26-18-28-56(58)64(40-31-34-42-41-19-11-14-22-47(41)62(9,10)52(42)37-40)55-27-17-25-50-57(55)45-20-12-15-23-48(45)61(50,7)8/h11-37H,1-10H3. The minimum Gasteiger partial charge on any atom is -0.309 e. The summed E-state index contributed by atoms with van der Waals surface area (Å²) in [6, 6.07) is 63.8. The third-order valence-electron chi connectivity index (χ3n) is 15.8. The molecule has 8 aromatic carbocycles. The molecule has 4 aliphatic carbocycles. The molecule has 0 saturated heterocycles. The van der Waals surface area contributed by atoms with Crippen molar-refractivity contribution in [2.45, 2.75) is 96.3 Å². The summed E-state index contributed by atoms with van der Waals surface area (Å²) >= 11 is 0. The second-order valence-electron chi connectivity index (χ2n) is 22.1. The van der Waals surface area contributed by atoms with Crippen molar-refractivity contribution in [2.75, 3.05) is 4.90 Å². The maximum Gasteiger partial charge on any atom is 0.0726 e. The number of hydrogen-bond donors (Lipinski definition) is 0. The first-order valence-electron chi connectivity index (χ1n) is 23.4. The summed E-state index contributed by atoms with van der Waals surface area (Å²) in [7, 11) is 0. The molecule has 0 saturated carbocycles. The number of nitrogens with zero attached hydrogens (tertiary/aromatic N) is 1. The highest BCUT2D eigenvalue weighted by molar-refractivity contribution is 6.04. The van der Waals surface area contributed by atoms with E-state index in [1.165, 1.54) is 117 Å². The van der Waals surface area contributed by atoms with Gasteiger partial charge in [0.25, 0.3) is 0 Å². The number of fused-ring (bicyclic) bond motifs is 16. The third kappa shape index (κ3) is 5.02. The summed E-state index contributed by atoms with van der Waals surface area (Å²) in [6.07, 6.45) is 0. The fraction of sp³-hybridized carbons (Fsp3) is 0.238. The van der Waals surface area contributed by atoms with Crippen LogP contribution in [0.25, 0.3) is 44.5 Å². The van der Waals surface area contributed by atoms with E-state index in [0.717, 1.165) is 0 Å². The Hall–Kier alpha value is -6.44. The predicted octanol–water partition coefficient (Wildman–Crippen LogP) is 16.7. The van der Waals surface area contributed by atoms with Gasteiger partial charge in [-0.15, -0.1) is 0 Å². The van der Waals surface area contributed by atoms with E-state index < -0.39 is 5.41 Å². The van der Waals surface area contributed by atoms with Crippen LogP contribution in [0.4, 0.5) is 17.1 Å². The van der Waals surface area contributed by atoms with Crippen LogP contribution in [0.2, 0.25) is 0 Å². The Morgan fingerprint density at radius 2 is 0.734 bits per heavy atom. The smallest absolute Gasteiger partial charge is 0.0726 e. The molecule has 0 N–H and O–H groups in total. The van der Waals surface area contributed by atoms with Gasteiger partial charge in [0.1, 0.15) is 0 Å². The van der Waals surface area contributed by atoms with Crippen LogP contribution in [0.5, 0.6) is 0 Å². The lowest BCUT2D eigenvalue weighted by Crippen LogP contribution is -2.27. The van der Waals surface area contributed by atoms with Gasteiger partial charge >= 0.3 is 0 Å². The quantitative estimate of drug-likeness (QED) is 0.171. The van der Waals surface area contributed by atoms with Crippen LogP contribution in [-0.4, -0.2) is 0 Å². The molecule has 0 bridgehead atoms. The molecule has 0 atom stereocenters. The van der Waals surface area contributed by atoms with Crippen molar-refractivity contribution in [3.05, 3.63) is 219 Å². The molecule has 1 nitrogen and oxygen atoms in total. The number of benzene rings is 8. The Morgan fingerprint density at radius 3 is 1.31 bits per heavy atom. The molecule has 0 amide bonds. The fourth-order valence-corrected chi connectivity index (χ4v) is 12.5. The Labute approximate surface area is 380 Å². The molecular weight excluding hydrogens is 771 g/mol. The first-order chi connectivity index (χ1) is 30.5. The number of rotatable bonds is 3. The Kier molecular flexibility index (Phi) is 7.87. The topological polar surface area (TPSA) is 3.24 Å². The third-order valence-corrected chi connectivity index (χ3v) is 15.8. The van der Waals surface area contributed by atoms with Crippen molar-refractivity contribution in [1.82, 2.24) is 0 Å². The molecule has 0 unspecified atom stereocenters.